The van der Waals surface area contributed by atoms with Crippen molar-refractivity contribution in [3.05, 3.63) is 70.9 Å². The van der Waals surface area contributed by atoms with E-state index in [9.17, 15) is 9.59 Å². The highest BCUT2D eigenvalue weighted by Gasteiger charge is 2.40. The van der Waals surface area contributed by atoms with Crippen molar-refractivity contribution in [2.24, 2.45) is 5.41 Å². The molecule has 2 aromatic carbocycles. The summed E-state index contributed by atoms with van der Waals surface area (Å²) in [5, 5.41) is 3.60. The van der Waals surface area contributed by atoms with Gasteiger partial charge in [0.1, 0.15) is 0 Å². The third-order valence-electron chi connectivity index (χ3n) is 7.30. The highest BCUT2D eigenvalue weighted by molar-refractivity contribution is 6.01. The Morgan fingerprint density at radius 3 is 2.58 bits per heavy atom. The summed E-state index contributed by atoms with van der Waals surface area (Å²) in [6.07, 6.45) is 3.05. The summed E-state index contributed by atoms with van der Waals surface area (Å²) < 4.78 is 0. The summed E-state index contributed by atoms with van der Waals surface area (Å²) in [7, 11) is 0. The number of carbonyl (C=O) groups excluding carboxylic acids is 2. The fourth-order valence-corrected chi connectivity index (χ4v) is 5.72. The minimum Gasteiger partial charge on any atom is -0.357 e. The van der Waals surface area contributed by atoms with Crippen LogP contribution in [0.1, 0.15) is 51.2 Å². The molecule has 0 aromatic heterocycles. The molecule has 1 aliphatic carbocycles. The van der Waals surface area contributed by atoms with Crippen LogP contribution in [0.2, 0.25) is 0 Å². The Bertz CT molecular complexity index is 1130. The highest BCUT2D eigenvalue weighted by atomic mass is 16.2. The zero-order valence-corrected chi connectivity index (χ0v) is 19.9. The Labute approximate surface area is 196 Å². The fraction of sp³-hybridized carbons (Fsp3) is 0.429. The van der Waals surface area contributed by atoms with Crippen LogP contribution in [0.3, 0.4) is 0 Å². The average Bonchev–Trinajstić information content (AvgIpc) is 2.92. The molecular formula is C28H33N3O2. The van der Waals surface area contributed by atoms with Crippen LogP contribution in [-0.2, 0) is 22.6 Å². The molecule has 33 heavy (non-hydrogen) atoms. The second-order valence-corrected chi connectivity index (χ2v) is 10.4. The average molecular weight is 444 g/mol. The summed E-state index contributed by atoms with van der Waals surface area (Å²) in [5.74, 6) is 0.322. The molecule has 0 saturated heterocycles. The van der Waals surface area contributed by atoms with E-state index in [1.165, 1.54) is 11.1 Å². The van der Waals surface area contributed by atoms with E-state index in [0.717, 1.165) is 48.5 Å². The van der Waals surface area contributed by atoms with E-state index in [1.807, 2.05) is 23.1 Å². The molecule has 5 rings (SSSR count). The third kappa shape index (κ3) is 4.05. The lowest BCUT2D eigenvalue weighted by molar-refractivity contribution is -0.130. The normalized spacial score (nSPS) is 21.5. The summed E-state index contributed by atoms with van der Waals surface area (Å²) in [5.41, 5.74) is 6.36. The molecule has 1 amide bonds. The van der Waals surface area contributed by atoms with Crippen molar-refractivity contribution in [1.82, 2.24) is 4.90 Å². The maximum atomic E-state index is 13.6. The van der Waals surface area contributed by atoms with Crippen LogP contribution in [-0.4, -0.2) is 35.7 Å². The standard InChI is InChI=1S/C28H33N3O2/c1-4-23-27-22(15-28(2,3)16-25(27)32)29-21-11-7-8-12-24(21)31(23)18-26(33)30-14-13-19-9-5-6-10-20(19)17-30/h5-12,23,29H,4,13-18H2,1-3H3. The van der Waals surface area contributed by atoms with E-state index in [-0.39, 0.29) is 29.7 Å². The fourth-order valence-electron chi connectivity index (χ4n) is 5.72. The van der Waals surface area contributed by atoms with Gasteiger partial charge in [0.15, 0.2) is 5.78 Å². The number of para-hydroxylation sites is 2. The molecule has 0 saturated carbocycles. The molecule has 2 aliphatic heterocycles. The second-order valence-electron chi connectivity index (χ2n) is 10.4. The van der Waals surface area contributed by atoms with E-state index in [2.05, 4.69) is 61.3 Å². The van der Waals surface area contributed by atoms with Crippen molar-refractivity contribution in [3.63, 3.8) is 0 Å². The number of benzene rings is 2. The number of nitrogens with one attached hydrogen (secondary N) is 1. The predicted molar refractivity (Wildman–Crippen MR) is 132 cm³/mol. The number of hydrogen-bond donors (Lipinski definition) is 1. The zero-order valence-electron chi connectivity index (χ0n) is 19.9. The number of Topliss-reactive ketones (excluding diaryl/α,β-unsaturated/α-hetero) is 1. The number of hydrogen-bond acceptors (Lipinski definition) is 4. The van der Waals surface area contributed by atoms with Crippen LogP contribution in [0.25, 0.3) is 0 Å². The summed E-state index contributed by atoms with van der Waals surface area (Å²) in [6.45, 7) is 8.09. The zero-order chi connectivity index (χ0) is 23.2. The molecule has 2 aromatic rings. The van der Waals surface area contributed by atoms with Gasteiger partial charge in [-0.25, -0.2) is 0 Å². The molecule has 0 radical (unpaired) electrons. The first-order chi connectivity index (χ1) is 15.9. The molecule has 1 atom stereocenters. The van der Waals surface area contributed by atoms with E-state index >= 15 is 0 Å². The lowest BCUT2D eigenvalue weighted by Crippen LogP contribution is -2.48. The van der Waals surface area contributed by atoms with E-state index in [0.29, 0.717) is 13.0 Å². The van der Waals surface area contributed by atoms with E-state index in [1.54, 1.807) is 0 Å². The smallest absolute Gasteiger partial charge is 0.242 e. The molecule has 1 unspecified atom stereocenters. The minimum atomic E-state index is -0.110. The number of fused-ring (bicyclic) bond motifs is 2. The number of amides is 1. The van der Waals surface area contributed by atoms with Crippen molar-refractivity contribution in [1.29, 1.82) is 0 Å². The van der Waals surface area contributed by atoms with Crippen LogP contribution in [0.15, 0.2) is 59.8 Å². The molecule has 5 nitrogen and oxygen atoms in total. The Balaban J connectivity index is 1.49. The summed E-state index contributed by atoms with van der Waals surface area (Å²) >= 11 is 0. The van der Waals surface area contributed by atoms with Crippen molar-refractivity contribution < 1.29 is 9.59 Å². The molecular weight excluding hydrogens is 410 g/mol. The van der Waals surface area contributed by atoms with Gasteiger partial charge in [-0.1, -0.05) is 57.2 Å². The monoisotopic (exact) mass is 443 g/mol. The topological polar surface area (TPSA) is 52.7 Å². The maximum absolute atomic E-state index is 13.6. The number of carbonyl (C=O) groups is 2. The van der Waals surface area contributed by atoms with Gasteiger partial charge in [-0.2, -0.15) is 0 Å². The molecule has 5 heteroatoms. The Morgan fingerprint density at radius 1 is 1.06 bits per heavy atom. The minimum absolute atomic E-state index is 0.0671. The van der Waals surface area contributed by atoms with Gasteiger partial charge in [-0.15, -0.1) is 0 Å². The van der Waals surface area contributed by atoms with Crippen LogP contribution in [0, 0.1) is 5.41 Å². The third-order valence-corrected chi connectivity index (χ3v) is 7.30. The van der Waals surface area contributed by atoms with E-state index in [4.69, 9.17) is 0 Å². The number of ketones is 1. The first-order valence-corrected chi connectivity index (χ1v) is 12.1. The first kappa shape index (κ1) is 21.7. The molecule has 2 heterocycles. The molecule has 1 N–H and O–H groups in total. The predicted octanol–water partition coefficient (Wildman–Crippen LogP) is 4.93. The summed E-state index contributed by atoms with van der Waals surface area (Å²) in [6, 6.07) is 16.4. The van der Waals surface area contributed by atoms with Gasteiger partial charge >= 0.3 is 0 Å². The van der Waals surface area contributed by atoms with Crippen LogP contribution in [0.5, 0.6) is 0 Å². The van der Waals surface area contributed by atoms with Crippen molar-refractivity contribution in [2.75, 3.05) is 23.3 Å². The number of anilines is 2. The van der Waals surface area contributed by atoms with Crippen LogP contribution in [0.4, 0.5) is 11.4 Å². The Hall–Kier alpha value is -3.08. The van der Waals surface area contributed by atoms with Gasteiger partial charge in [0.05, 0.1) is 24.0 Å². The molecule has 0 spiro atoms. The van der Waals surface area contributed by atoms with Crippen molar-refractivity contribution in [2.45, 2.75) is 59.0 Å². The SMILES string of the molecule is CCC1C2=C(CC(C)(C)CC2=O)Nc2ccccc2N1CC(=O)N1CCc2ccccc2C1. The largest absolute Gasteiger partial charge is 0.357 e. The van der Waals surface area contributed by atoms with E-state index < -0.39 is 0 Å². The number of rotatable bonds is 3. The molecule has 3 aliphatic rings. The van der Waals surface area contributed by atoms with Crippen molar-refractivity contribution >= 4 is 23.1 Å². The molecule has 0 fully saturated rings. The van der Waals surface area contributed by atoms with Gasteiger partial charge in [0, 0.05) is 30.8 Å². The van der Waals surface area contributed by atoms with Gasteiger partial charge < -0.3 is 15.1 Å². The Kier molecular flexibility index (Phi) is 5.51. The van der Waals surface area contributed by atoms with Gasteiger partial charge in [0.25, 0.3) is 0 Å². The number of allylic oxidation sites excluding steroid dienone is 1. The summed E-state index contributed by atoms with van der Waals surface area (Å²) in [4.78, 5) is 31.1. The van der Waals surface area contributed by atoms with Crippen LogP contribution >= 0.6 is 0 Å². The number of nitrogens with zero attached hydrogens (tertiary/aromatic N) is 2. The van der Waals surface area contributed by atoms with Gasteiger partial charge in [-0.05, 0) is 47.9 Å². The molecule has 0 bridgehead atoms. The quantitative estimate of drug-likeness (QED) is 0.731. The van der Waals surface area contributed by atoms with Crippen LogP contribution < -0.4 is 10.2 Å². The first-order valence-electron chi connectivity index (χ1n) is 12.1. The maximum Gasteiger partial charge on any atom is 0.242 e. The lowest BCUT2D eigenvalue weighted by Gasteiger charge is -2.38. The second kappa shape index (κ2) is 8.36. The van der Waals surface area contributed by atoms with Gasteiger partial charge in [0.2, 0.25) is 5.91 Å². The molecule has 172 valence electrons. The van der Waals surface area contributed by atoms with Gasteiger partial charge in [-0.3, -0.25) is 9.59 Å². The van der Waals surface area contributed by atoms with Crippen molar-refractivity contribution in [3.8, 4) is 0 Å². The highest BCUT2D eigenvalue weighted by Crippen LogP contribution is 2.44. The Morgan fingerprint density at radius 2 is 1.79 bits per heavy atom. The lowest BCUT2D eigenvalue weighted by atomic mass is 9.74.